The molecule has 5 nitrogen and oxygen atoms in total. The second kappa shape index (κ2) is 7.50. The van der Waals surface area contributed by atoms with Gasteiger partial charge in [-0.05, 0) is 68.5 Å². The van der Waals surface area contributed by atoms with Crippen molar-refractivity contribution in [2.45, 2.75) is 77.2 Å². The molecule has 1 saturated carbocycles. The molecule has 4 rings (SSSR count). The summed E-state index contributed by atoms with van der Waals surface area (Å²) >= 11 is 0. The van der Waals surface area contributed by atoms with Crippen LogP contribution >= 0.6 is 0 Å². The lowest BCUT2D eigenvalue weighted by Gasteiger charge is -2.56. The standard InChI is InChI=1S/C22H34N4O/c1-16(2)21-23-14-19(15-24-21)18-4-8-26(9-5-18)20-12-22(13-20)6-10-25(11-7-22)17(3)27/h14-16,18,20H,4-13H2,1-3H3. The van der Waals surface area contributed by atoms with E-state index in [1.165, 1.54) is 57.2 Å². The van der Waals surface area contributed by atoms with E-state index >= 15 is 0 Å². The third-order valence-electron chi connectivity index (χ3n) is 7.33. The fourth-order valence-corrected chi connectivity index (χ4v) is 5.36. The molecule has 2 aliphatic heterocycles. The van der Waals surface area contributed by atoms with Crippen molar-refractivity contribution in [3.8, 4) is 0 Å². The van der Waals surface area contributed by atoms with Gasteiger partial charge in [-0.2, -0.15) is 0 Å². The second-order valence-electron chi connectivity index (χ2n) is 9.41. The minimum atomic E-state index is 0.244. The van der Waals surface area contributed by atoms with Gasteiger partial charge in [0.05, 0.1) is 0 Å². The first-order valence-electron chi connectivity index (χ1n) is 10.8. The van der Waals surface area contributed by atoms with Gasteiger partial charge in [0.2, 0.25) is 5.91 Å². The number of amides is 1. The van der Waals surface area contributed by atoms with E-state index in [0.29, 0.717) is 17.3 Å². The van der Waals surface area contributed by atoms with Crippen LogP contribution in [0.3, 0.4) is 0 Å². The number of hydrogen-bond donors (Lipinski definition) is 0. The molecule has 0 radical (unpaired) electrons. The van der Waals surface area contributed by atoms with Crippen molar-refractivity contribution >= 4 is 5.91 Å². The van der Waals surface area contributed by atoms with Crippen molar-refractivity contribution < 1.29 is 4.79 Å². The molecule has 1 aliphatic carbocycles. The van der Waals surface area contributed by atoms with E-state index in [-0.39, 0.29) is 5.91 Å². The molecule has 0 aromatic carbocycles. The van der Waals surface area contributed by atoms with Gasteiger partial charge in [-0.25, -0.2) is 9.97 Å². The van der Waals surface area contributed by atoms with Gasteiger partial charge in [-0.15, -0.1) is 0 Å². The summed E-state index contributed by atoms with van der Waals surface area (Å²) in [7, 11) is 0. The minimum Gasteiger partial charge on any atom is -0.343 e. The van der Waals surface area contributed by atoms with E-state index in [0.717, 1.165) is 25.0 Å². The molecule has 5 heteroatoms. The lowest BCUT2D eigenvalue weighted by atomic mass is 9.59. The number of nitrogens with zero attached hydrogens (tertiary/aromatic N) is 4. The molecule has 0 N–H and O–H groups in total. The number of aromatic nitrogens is 2. The van der Waals surface area contributed by atoms with E-state index in [1.807, 2.05) is 4.90 Å². The Bertz CT molecular complexity index is 647. The van der Waals surface area contributed by atoms with Crippen molar-refractivity contribution in [3.05, 3.63) is 23.8 Å². The maximum absolute atomic E-state index is 11.5. The summed E-state index contributed by atoms with van der Waals surface area (Å²) in [6, 6.07) is 0.773. The van der Waals surface area contributed by atoms with Crippen molar-refractivity contribution in [2.75, 3.05) is 26.2 Å². The number of hydrogen-bond acceptors (Lipinski definition) is 4. The first-order valence-corrected chi connectivity index (χ1v) is 10.8. The highest BCUT2D eigenvalue weighted by Gasteiger charge is 2.48. The predicted molar refractivity (Wildman–Crippen MR) is 107 cm³/mol. The molecule has 1 aromatic heterocycles. The van der Waals surface area contributed by atoms with E-state index in [4.69, 9.17) is 0 Å². The highest BCUT2D eigenvalue weighted by Crippen LogP contribution is 2.51. The number of rotatable bonds is 3. The summed E-state index contributed by atoms with van der Waals surface area (Å²) in [6.07, 6.45) is 11.7. The highest BCUT2D eigenvalue weighted by molar-refractivity contribution is 5.73. The lowest BCUT2D eigenvalue weighted by Crippen LogP contribution is -2.56. The molecule has 1 aromatic rings. The Morgan fingerprint density at radius 1 is 1.07 bits per heavy atom. The fraction of sp³-hybridized carbons (Fsp3) is 0.773. The number of likely N-dealkylation sites (tertiary alicyclic amines) is 2. The van der Waals surface area contributed by atoms with Gasteiger partial charge in [0.15, 0.2) is 0 Å². The van der Waals surface area contributed by atoms with Gasteiger partial charge in [-0.1, -0.05) is 13.8 Å². The third-order valence-corrected chi connectivity index (χ3v) is 7.33. The minimum absolute atomic E-state index is 0.244. The summed E-state index contributed by atoms with van der Waals surface area (Å²) in [6.45, 7) is 10.3. The fourth-order valence-electron chi connectivity index (χ4n) is 5.36. The molecule has 0 unspecified atom stereocenters. The number of carbonyl (C=O) groups excluding carboxylic acids is 1. The van der Waals surface area contributed by atoms with Gasteiger partial charge in [0, 0.05) is 44.4 Å². The monoisotopic (exact) mass is 370 g/mol. The zero-order valence-electron chi connectivity index (χ0n) is 17.2. The Kier molecular flexibility index (Phi) is 5.23. The van der Waals surface area contributed by atoms with Crippen molar-refractivity contribution in [1.82, 2.24) is 19.8 Å². The van der Waals surface area contributed by atoms with E-state index in [2.05, 4.69) is 41.1 Å². The van der Waals surface area contributed by atoms with Crippen LogP contribution in [0.2, 0.25) is 0 Å². The average Bonchev–Trinajstić information content (AvgIpc) is 2.66. The van der Waals surface area contributed by atoms with Crippen LogP contribution < -0.4 is 0 Å². The van der Waals surface area contributed by atoms with Crippen LogP contribution in [0.1, 0.15) is 82.5 Å². The summed E-state index contributed by atoms with van der Waals surface area (Å²) in [5.74, 6) is 2.21. The second-order valence-corrected chi connectivity index (χ2v) is 9.41. The van der Waals surface area contributed by atoms with Gasteiger partial charge >= 0.3 is 0 Å². The molecular weight excluding hydrogens is 336 g/mol. The van der Waals surface area contributed by atoms with Crippen LogP contribution in [0.15, 0.2) is 12.4 Å². The Hall–Kier alpha value is -1.49. The van der Waals surface area contributed by atoms with E-state index < -0.39 is 0 Å². The Morgan fingerprint density at radius 3 is 2.19 bits per heavy atom. The molecule has 1 spiro atoms. The highest BCUT2D eigenvalue weighted by atomic mass is 16.2. The molecule has 1 amide bonds. The van der Waals surface area contributed by atoms with Crippen LogP contribution in [-0.4, -0.2) is 57.9 Å². The predicted octanol–water partition coefficient (Wildman–Crippen LogP) is 3.57. The molecular formula is C22H34N4O. The molecule has 27 heavy (non-hydrogen) atoms. The van der Waals surface area contributed by atoms with Crippen molar-refractivity contribution in [1.29, 1.82) is 0 Å². The quantitative estimate of drug-likeness (QED) is 0.816. The molecule has 0 bridgehead atoms. The normalized spacial score (nSPS) is 24.4. The molecule has 3 heterocycles. The van der Waals surface area contributed by atoms with Crippen molar-refractivity contribution in [3.63, 3.8) is 0 Å². The van der Waals surface area contributed by atoms with Crippen LogP contribution in [-0.2, 0) is 4.79 Å². The molecule has 3 aliphatic rings. The van der Waals surface area contributed by atoms with Crippen LogP contribution in [0.25, 0.3) is 0 Å². The van der Waals surface area contributed by atoms with Crippen LogP contribution in [0, 0.1) is 5.41 Å². The van der Waals surface area contributed by atoms with Crippen LogP contribution in [0.5, 0.6) is 0 Å². The topological polar surface area (TPSA) is 49.3 Å². The maximum atomic E-state index is 11.5. The van der Waals surface area contributed by atoms with E-state index in [9.17, 15) is 4.79 Å². The SMILES string of the molecule is CC(=O)N1CCC2(CC1)CC(N1CCC(c3cnc(C(C)C)nc3)CC1)C2. The van der Waals surface area contributed by atoms with Crippen LogP contribution in [0.4, 0.5) is 0 Å². The van der Waals surface area contributed by atoms with Gasteiger partial charge in [0.25, 0.3) is 0 Å². The first kappa shape index (κ1) is 18.9. The molecule has 3 fully saturated rings. The Morgan fingerprint density at radius 2 is 1.67 bits per heavy atom. The third kappa shape index (κ3) is 3.89. The smallest absolute Gasteiger partial charge is 0.219 e. The summed E-state index contributed by atoms with van der Waals surface area (Å²) in [5.41, 5.74) is 1.86. The van der Waals surface area contributed by atoms with Crippen molar-refractivity contribution in [2.24, 2.45) is 5.41 Å². The summed E-state index contributed by atoms with van der Waals surface area (Å²) in [4.78, 5) is 25.4. The summed E-state index contributed by atoms with van der Waals surface area (Å²) < 4.78 is 0. The zero-order chi connectivity index (χ0) is 19.0. The lowest BCUT2D eigenvalue weighted by molar-refractivity contribution is -0.133. The van der Waals surface area contributed by atoms with Gasteiger partial charge in [-0.3, -0.25) is 4.79 Å². The molecule has 0 atom stereocenters. The largest absolute Gasteiger partial charge is 0.343 e. The Balaban J connectivity index is 1.24. The first-order chi connectivity index (χ1) is 13.0. The summed E-state index contributed by atoms with van der Waals surface area (Å²) in [5, 5.41) is 0. The number of carbonyl (C=O) groups is 1. The Labute approximate surface area is 163 Å². The zero-order valence-corrected chi connectivity index (χ0v) is 17.2. The average molecular weight is 371 g/mol. The van der Waals surface area contributed by atoms with Gasteiger partial charge in [0.1, 0.15) is 5.82 Å². The molecule has 2 saturated heterocycles. The maximum Gasteiger partial charge on any atom is 0.219 e. The molecule has 148 valence electrons. The van der Waals surface area contributed by atoms with Gasteiger partial charge < -0.3 is 9.80 Å². The van der Waals surface area contributed by atoms with E-state index in [1.54, 1.807) is 6.92 Å². The number of piperidine rings is 2.